The predicted octanol–water partition coefficient (Wildman–Crippen LogP) is 6.14. The van der Waals surface area contributed by atoms with E-state index in [9.17, 15) is 9.59 Å². The van der Waals surface area contributed by atoms with Gasteiger partial charge in [0.05, 0.1) is 20.9 Å². The number of nitrogens with one attached hydrogen (secondary N) is 1. The summed E-state index contributed by atoms with van der Waals surface area (Å²) in [5.74, 6) is 6.91. The molecule has 1 aromatic carbocycles. The summed E-state index contributed by atoms with van der Waals surface area (Å²) in [6.07, 6.45) is 3.64. The van der Waals surface area contributed by atoms with E-state index in [-0.39, 0.29) is 17.4 Å². The van der Waals surface area contributed by atoms with Gasteiger partial charge in [0, 0.05) is 23.7 Å². The molecule has 1 N–H and O–H groups in total. The van der Waals surface area contributed by atoms with Crippen LogP contribution < -0.4 is 10.2 Å². The number of hydroxylamine groups is 2. The van der Waals surface area contributed by atoms with Crippen molar-refractivity contribution >= 4 is 70.2 Å². The van der Waals surface area contributed by atoms with Gasteiger partial charge in [-0.15, -0.1) is 16.4 Å². The molecule has 184 valence electrons. The van der Waals surface area contributed by atoms with Gasteiger partial charge in [0.25, 0.3) is 12.4 Å². The van der Waals surface area contributed by atoms with Crippen LogP contribution in [0.1, 0.15) is 46.9 Å². The van der Waals surface area contributed by atoms with Gasteiger partial charge < -0.3 is 14.9 Å². The maximum Gasteiger partial charge on any atom is 0.293 e. The van der Waals surface area contributed by atoms with Crippen molar-refractivity contribution in [1.29, 1.82) is 0 Å². The molecule has 2 aliphatic heterocycles. The molecule has 36 heavy (non-hydrogen) atoms. The highest BCUT2D eigenvalue weighted by molar-refractivity contribution is 7.13. The van der Waals surface area contributed by atoms with Crippen molar-refractivity contribution in [3.63, 3.8) is 0 Å². The lowest BCUT2D eigenvalue weighted by molar-refractivity contribution is -0.175. The summed E-state index contributed by atoms with van der Waals surface area (Å²) < 4.78 is 9.58. The highest BCUT2D eigenvalue weighted by Gasteiger charge is 2.67. The normalized spacial score (nSPS) is 16.5. The highest BCUT2D eigenvalue weighted by atomic mass is 35.5. The molecule has 0 bridgehead atoms. The monoisotopic (exact) mass is 559 g/mol. The fourth-order valence-corrected chi connectivity index (χ4v) is 5.98. The van der Waals surface area contributed by atoms with E-state index in [1.165, 1.54) is 16.6 Å². The second kappa shape index (κ2) is 9.79. The number of amides is 1. The number of aromatic nitrogens is 1. The summed E-state index contributed by atoms with van der Waals surface area (Å²) in [6, 6.07) is 9.14. The number of halogens is 2. The Balaban J connectivity index is 0.000000189. The average Bonchev–Trinajstić information content (AvgIpc) is 3.51. The topological polar surface area (TPSA) is 80.8 Å². The van der Waals surface area contributed by atoms with Crippen molar-refractivity contribution < 1.29 is 19.2 Å². The van der Waals surface area contributed by atoms with Crippen LogP contribution >= 0.6 is 46.1 Å². The van der Waals surface area contributed by atoms with E-state index in [2.05, 4.69) is 27.6 Å². The lowest BCUT2D eigenvalue weighted by atomic mass is 9.91. The summed E-state index contributed by atoms with van der Waals surface area (Å²) in [5, 5.41) is 5.04. The number of carbonyl (C=O) groups is 2. The molecule has 1 saturated heterocycles. The lowest BCUT2D eigenvalue weighted by Gasteiger charge is -2.42. The van der Waals surface area contributed by atoms with Crippen LogP contribution in [0.25, 0.3) is 6.08 Å². The first-order chi connectivity index (χ1) is 17.4. The Morgan fingerprint density at radius 2 is 2.08 bits per heavy atom. The van der Waals surface area contributed by atoms with Crippen molar-refractivity contribution in [1.82, 2.24) is 9.44 Å². The molecule has 1 spiro atoms. The third-order valence-electron chi connectivity index (χ3n) is 6.04. The first kappa shape index (κ1) is 24.7. The summed E-state index contributed by atoms with van der Waals surface area (Å²) >= 11 is 14.7. The number of β-lactam (4-membered cyclic amide) rings is 1. The molecule has 3 aromatic rings. The molecule has 3 aliphatic rings. The van der Waals surface area contributed by atoms with Gasteiger partial charge in [-0.1, -0.05) is 41.4 Å². The van der Waals surface area contributed by atoms with Gasteiger partial charge in [0.1, 0.15) is 16.1 Å². The number of thiophene rings is 1. The van der Waals surface area contributed by atoms with Crippen LogP contribution in [0, 0.1) is 17.3 Å². The van der Waals surface area contributed by atoms with E-state index >= 15 is 0 Å². The third kappa shape index (κ3) is 4.35. The second-order valence-corrected chi connectivity index (χ2v) is 11.1. The van der Waals surface area contributed by atoms with Crippen LogP contribution in [0.15, 0.2) is 36.0 Å². The Kier molecular flexibility index (Phi) is 6.70. The molecule has 6 rings (SSSR count). The van der Waals surface area contributed by atoms with Crippen LogP contribution in [0.4, 0.5) is 5.69 Å². The fourth-order valence-electron chi connectivity index (χ4n) is 3.94. The summed E-state index contributed by atoms with van der Waals surface area (Å²) in [6.45, 7) is 2.20. The Bertz CT molecular complexity index is 1450. The van der Waals surface area contributed by atoms with E-state index in [1.54, 1.807) is 31.4 Å². The number of nitrogens with zero attached hydrogens (tertiary/aromatic N) is 2. The average molecular weight is 560 g/mol. The van der Waals surface area contributed by atoms with Crippen LogP contribution in [0.5, 0.6) is 5.75 Å². The number of anilines is 1. The van der Waals surface area contributed by atoms with Crippen LogP contribution in [-0.4, -0.2) is 28.9 Å². The number of carbonyl (C=O) groups excluding carboxylic acids is 2. The Labute approximate surface area is 225 Å². The molecular weight excluding hydrogens is 541 g/mol. The minimum atomic E-state index is -0.281. The summed E-state index contributed by atoms with van der Waals surface area (Å²) in [4.78, 5) is 29.7. The van der Waals surface area contributed by atoms with Gasteiger partial charge in [-0.25, -0.2) is 0 Å². The molecule has 1 amide bonds. The largest absolute Gasteiger partial charge is 0.460 e. The number of benzene rings is 1. The van der Waals surface area contributed by atoms with Crippen LogP contribution in [-0.2, 0) is 14.3 Å². The van der Waals surface area contributed by atoms with Gasteiger partial charge in [-0.05, 0) is 55.3 Å². The lowest BCUT2D eigenvalue weighted by Crippen LogP contribution is -2.54. The van der Waals surface area contributed by atoms with E-state index in [1.807, 2.05) is 24.3 Å². The zero-order chi connectivity index (χ0) is 25.4. The number of rotatable bonds is 4. The molecule has 1 unspecified atom stereocenters. The predicted molar refractivity (Wildman–Crippen MR) is 141 cm³/mol. The van der Waals surface area contributed by atoms with Gasteiger partial charge in [-0.2, -0.15) is 4.37 Å². The number of hydrogen-bond donors (Lipinski definition) is 1. The molecule has 1 saturated carbocycles. The molecule has 4 heterocycles. The standard InChI is InChI=1S/C16H10ClN3O2S2.C9H9ClO2/c1-18-13-9(19-24-14(13)17)3-2-8-6-10-11(23-8)7-12-16(4-5-16)15(21)20(12)22-10;1-7(12-6-11)8-4-2-3-5-9(8)10/h6-7,18H,4-5H2,1H3;2-7H,1H3. The maximum absolute atomic E-state index is 12.1. The first-order valence-corrected chi connectivity index (χ1v) is 13.3. The molecule has 1 atom stereocenters. The Morgan fingerprint density at radius 3 is 2.78 bits per heavy atom. The van der Waals surface area contributed by atoms with Crippen LogP contribution in [0.2, 0.25) is 9.36 Å². The smallest absolute Gasteiger partial charge is 0.293 e. The van der Waals surface area contributed by atoms with Gasteiger partial charge in [0.15, 0.2) is 11.4 Å². The minimum absolute atomic E-state index is 0.0778. The molecule has 11 heteroatoms. The second-order valence-electron chi connectivity index (χ2n) is 8.22. The quantitative estimate of drug-likeness (QED) is 0.235. The third-order valence-corrected chi connectivity index (χ3v) is 8.40. The molecular formula is C25H19Cl2N3O4S2. The molecule has 0 radical (unpaired) electrons. The van der Waals surface area contributed by atoms with Gasteiger partial charge >= 0.3 is 0 Å². The van der Waals surface area contributed by atoms with E-state index in [0.29, 0.717) is 27.3 Å². The molecule has 1 aliphatic carbocycles. The van der Waals surface area contributed by atoms with Crippen LogP contribution in [0.3, 0.4) is 0 Å². The van der Waals surface area contributed by atoms with Crippen molar-refractivity contribution in [2.75, 3.05) is 12.4 Å². The van der Waals surface area contributed by atoms with Gasteiger partial charge in [0.2, 0.25) is 0 Å². The van der Waals surface area contributed by atoms with Crippen molar-refractivity contribution in [3.8, 4) is 17.6 Å². The number of fused-ring (bicyclic) bond motifs is 3. The molecule has 7 nitrogen and oxygen atoms in total. The summed E-state index contributed by atoms with van der Waals surface area (Å²) in [5.41, 5.74) is 2.96. The van der Waals surface area contributed by atoms with E-state index in [0.717, 1.165) is 39.5 Å². The van der Waals surface area contributed by atoms with E-state index in [4.69, 9.17) is 32.8 Å². The Hall–Kier alpha value is -3.03. The SMILES string of the molecule is CC(OC=O)c1ccccc1Cl.CNc1c(C#Cc2cc3c(s2)C=C2N(O3)C(=O)C23CC3)nsc1Cl. The molecule has 2 aromatic heterocycles. The minimum Gasteiger partial charge on any atom is -0.460 e. The van der Waals surface area contributed by atoms with Crippen molar-refractivity contribution in [3.05, 3.63) is 66.4 Å². The molecule has 2 fully saturated rings. The zero-order valence-electron chi connectivity index (χ0n) is 19.1. The van der Waals surface area contributed by atoms with Crippen molar-refractivity contribution in [2.45, 2.75) is 25.9 Å². The van der Waals surface area contributed by atoms with Crippen molar-refractivity contribution in [2.24, 2.45) is 5.41 Å². The number of ether oxygens (including phenoxy) is 1. The van der Waals surface area contributed by atoms with E-state index < -0.39 is 0 Å². The fraction of sp³-hybridized carbons (Fsp3) is 0.240. The van der Waals surface area contributed by atoms with Gasteiger partial charge in [-0.3, -0.25) is 9.59 Å². The summed E-state index contributed by atoms with van der Waals surface area (Å²) in [7, 11) is 1.79. The highest BCUT2D eigenvalue weighted by Crippen LogP contribution is 2.63. The number of hydrogen-bond acceptors (Lipinski definition) is 8. The zero-order valence-corrected chi connectivity index (χ0v) is 22.3. The first-order valence-electron chi connectivity index (χ1n) is 10.9. The maximum atomic E-state index is 12.1. The Morgan fingerprint density at radius 1 is 1.31 bits per heavy atom.